The van der Waals surface area contributed by atoms with Crippen molar-refractivity contribution in [1.82, 2.24) is 15.6 Å². The average molecular weight is 593 g/mol. The van der Waals surface area contributed by atoms with Gasteiger partial charge in [-0.05, 0) is 68.5 Å². The van der Waals surface area contributed by atoms with Crippen LogP contribution in [-0.4, -0.2) is 54.7 Å². The molecule has 0 unspecified atom stereocenters. The van der Waals surface area contributed by atoms with Crippen LogP contribution in [0.15, 0.2) is 79.5 Å². The molecule has 44 heavy (non-hydrogen) atoms. The van der Waals surface area contributed by atoms with Crippen molar-refractivity contribution >= 4 is 40.5 Å². The highest BCUT2D eigenvalue weighted by Crippen LogP contribution is 2.35. The number of rotatable bonds is 9. The number of anilines is 4. The molecule has 1 aliphatic carbocycles. The van der Waals surface area contributed by atoms with Gasteiger partial charge in [0.05, 0.1) is 17.9 Å². The number of hydrogen-bond donors (Lipinski definition) is 4. The van der Waals surface area contributed by atoms with Crippen LogP contribution in [0.25, 0.3) is 4.85 Å². The van der Waals surface area contributed by atoms with Gasteiger partial charge in [0.15, 0.2) is 0 Å². The number of carbonyl (C=O) groups excluding carboxylic acids is 2. The normalized spacial score (nSPS) is 19.7. The second-order valence-corrected chi connectivity index (χ2v) is 11.4. The minimum absolute atomic E-state index is 0.0331. The highest BCUT2D eigenvalue weighted by atomic mass is 16.2. The lowest BCUT2D eigenvalue weighted by molar-refractivity contribution is -0.111. The predicted molar refractivity (Wildman–Crippen MR) is 176 cm³/mol. The number of pyridine rings is 1. The fourth-order valence-corrected chi connectivity index (χ4v) is 5.96. The Bertz CT molecular complexity index is 1480. The van der Waals surface area contributed by atoms with Crippen LogP contribution in [0.2, 0.25) is 0 Å². The molecule has 3 amide bonds. The van der Waals surface area contributed by atoms with Crippen molar-refractivity contribution in [3.8, 4) is 0 Å². The van der Waals surface area contributed by atoms with Gasteiger partial charge in [-0.3, -0.25) is 14.7 Å². The van der Waals surface area contributed by atoms with Crippen molar-refractivity contribution in [2.75, 3.05) is 40.1 Å². The van der Waals surface area contributed by atoms with Crippen LogP contribution in [0.1, 0.15) is 38.2 Å². The first kappa shape index (κ1) is 30.6. The monoisotopic (exact) mass is 592 g/mol. The molecule has 1 atom stereocenters. The maximum atomic E-state index is 13.9. The molecule has 4 N–H and O–H groups in total. The van der Waals surface area contributed by atoms with Gasteiger partial charge in [-0.15, -0.1) is 0 Å². The summed E-state index contributed by atoms with van der Waals surface area (Å²) in [6, 6.07) is 19.7. The third kappa shape index (κ3) is 7.74. The standard InChI is InChI=1S/C34H40N8O2/c1-4-33(43)40-30-20-29(15-16-31(30)41-19-18-36-24(2)23-41)42(34(44)38-21-25-8-6-5-7-9-25)28-13-10-26(11-14-28)39-32-17-12-27(35-3)22-37-32/h4-9,12,15-17,20,22,24,26,28,36H,1,10-11,13-14,18-19,21,23H2,2H3,(H,37,39)(H,38,44)(H,40,43)/t24-,26?,28?/m0/s1. The molecular weight excluding hydrogens is 552 g/mol. The Labute approximate surface area is 259 Å². The van der Waals surface area contributed by atoms with E-state index in [0.717, 1.165) is 68.1 Å². The van der Waals surface area contributed by atoms with E-state index in [9.17, 15) is 9.59 Å². The first-order valence-electron chi connectivity index (χ1n) is 15.2. The summed E-state index contributed by atoms with van der Waals surface area (Å²) in [5.41, 5.74) is 3.85. The summed E-state index contributed by atoms with van der Waals surface area (Å²) in [5, 5.41) is 13.1. The van der Waals surface area contributed by atoms with Gasteiger partial charge in [-0.1, -0.05) is 43.0 Å². The summed E-state index contributed by atoms with van der Waals surface area (Å²) < 4.78 is 0. The van der Waals surface area contributed by atoms with Crippen LogP contribution in [0.4, 0.5) is 33.4 Å². The summed E-state index contributed by atoms with van der Waals surface area (Å²) in [6.45, 7) is 15.8. The molecule has 2 fully saturated rings. The zero-order chi connectivity index (χ0) is 30.9. The minimum Gasteiger partial charge on any atom is -0.367 e. The Morgan fingerprint density at radius 3 is 2.61 bits per heavy atom. The molecule has 0 radical (unpaired) electrons. The van der Waals surface area contributed by atoms with Gasteiger partial charge in [0.1, 0.15) is 5.82 Å². The molecule has 1 aromatic heterocycles. The quantitative estimate of drug-likeness (QED) is 0.188. The number of urea groups is 1. The Kier molecular flexibility index (Phi) is 10.1. The Morgan fingerprint density at radius 1 is 1.14 bits per heavy atom. The lowest BCUT2D eigenvalue weighted by atomic mass is 9.89. The van der Waals surface area contributed by atoms with Crippen LogP contribution in [-0.2, 0) is 11.3 Å². The number of nitrogens with one attached hydrogen (secondary N) is 4. The van der Waals surface area contributed by atoms with E-state index in [1.165, 1.54) is 6.08 Å². The average Bonchev–Trinajstić information content (AvgIpc) is 3.05. The van der Waals surface area contributed by atoms with Gasteiger partial charge in [-0.25, -0.2) is 9.64 Å². The van der Waals surface area contributed by atoms with Gasteiger partial charge >= 0.3 is 6.03 Å². The van der Waals surface area contributed by atoms with E-state index in [4.69, 9.17) is 6.57 Å². The second kappa shape index (κ2) is 14.5. The summed E-state index contributed by atoms with van der Waals surface area (Å²) in [7, 11) is 0. The van der Waals surface area contributed by atoms with Crippen molar-refractivity contribution in [1.29, 1.82) is 0 Å². The van der Waals surface area contributed by atoms with Crippen molar-refractivity contribution in [2.24, 2.45) is 0 Å². The maximum Gasteiger partial charge on any atom is 0.322 e. The molecule has 0 spiro atoms. The fraction of sp³-hybridized carbons (Fsp3) is 0.353. The zero-order valence-corrected chi connectivity index (χ0v) is 25.1. The molecule has 1 aliphatic heterocycles. The smallest absolute Gasteiger partial charge is 0.322 e. The number of carbonyl (C=O) groups is 2. The number of benzene rings is 2. The van der Waals surface area contributed by atoms with E-state index in [-0.39, 0.29) is 24.0 Å². The molecule has 5 rings (SSSR count). The molecule has 0 bridgehead atoms. The zero-order valence-electron chi connectivity index (χ0n) is 25.1. The fourth-order valence-electron chi connectivity index (χ4n) is 5.96. The summed E-state index contributed by atoms with van der Waals surface area (Å²) in [5.74, 6) is 0.454. The molecule has 10 heteroatoms. The Morgan fingerprint density at radius 2 is 1.93 bits per heavy atom. The van der Waals surface area contributed by atoms with Crippen LogP contribution in [0.5, 0.6) is 0 Å². The summed E-state index contributed by atoms with van der Waals surface area (Å²) in [6.07, 6.45) is 6.14. The largest absolute Gasteiger partial charge is 0.367 e. The molecule has 2 aromatic carbocycles. The van der Waals surface area contributed by atoms with Crippen molar-refractivity contribution < 1.29 is 9.59 Å². The number of hydrogen-bond acceptors (Lipinski definition) is 6. The number of piperazine rings is 1. The van der Waals surface area contributed by atoms with E-state index in [0.29, 0.717) is 24.0 Å². The van der Waals surface area contributed by atoms with Crippen molar-refractivity contribution in [3.05, 3.63) is 96.5 Å². The third-order valence-electron chi connectivity index (χ3n) is 8.21. The van der Waals surface area contributed by atoms with Gasteiger partial charge < -0.3 is 26.2 Å². The molecule has 228 valence electrons. The molecule has 3 aromatic rings. The highest BCUT2D eigenvalue weighted by Gasteiger charge is 2.31. The number of nitrogens with zero attached hydrogens (tertiary/aromatic N) is 4. The van der Waals surface area contributed by atoms with E-state index >= 15 is 0 Å². The van der Waals surface area contributed by atoms with E-state index in [1.807, 2.05) is 59.5 Å². The highest BCUT2D eigenvalue weighted by molar-refractivity contribution is 6.02. The van der Waals surface area contributed by atoms with Crippen molar-refractivity contribution in [3.63, 3.8) is 0 Å². The maximum absolute atomic E-state index is 13.9. The van der Waals surface area contributed by atoms with E-state index in [2.05, 4.69) is 49.5 Å². The lowest BCUT2D eigenvalue weighted by Gasteiger charge is -2.38. The third-order valence-corrected chi connectivity index (χ3v) is 8.21. The second-order valence-electron chi connectivity index (χ2n) is 11.4. The first-order chi connectivity index (χ1) is 21.4. The van der Waals surface area contributed by atoms with Gasteiger partial charge in [0.2, 0.25) is 11.6 Å². The van der Waals surface area contributed by atoms with Gasteiger partial charge in [0.25, 0.3) is 0 Å². The topological polar surface area (TPSA) is 106 Å². The SMILES string of the molecule is [C-]#[N+]c1ccc(NC2CCC(N(C(=O)NCc3ccccc3)c3ccc(N4CCN[C@@H](C)C4)c(NC(=O)C=C)c3)CC2)nc1. The molecule has 2 aliphatic rings. The number of aromatic nitrogens is 1. The summed E-state index contributed by atoms with van der Waals surface area (Å²) in [4.78, 5) is 38.3. The predicted octanol–water partition coefficient (Wildman–Crippen LogP) is 5.69. The Hall–Kier alpha value is -4.88. The van der Waals surface area contributed by atoms with Gasteiger partial charge in [-0.2, -0.15) is 0 Å². The molecular formula is C34H40N8O2. The van der Waals surface area contributed by atoms with Gasteiger partial charge in [0, 0.05) is 56.2 Å². The lowest BCUT2D eigenvalue weighted by Crippen LogP contribution is -2.50. The van der Waals surface area contributed by atoms with Crippen LogP contribution in [0, 0.1) is 6.57 Å². The van der Waals surface area contributed by atoms with Crippen LogP contribution >= 0.6 is 0 Å². The Balaban J connectivity index is 1.38. The molecule has 1 saturated carbocycles. The minimum atomic E-state index is -0.295. The van der Waals surface area contributed by atoms with Crippen molar-refractivity contribution in [2.45, 2.75) is 57.3 Å². The molecule has 10 nitrogen and oxygen atoms in total. The number of amides is 3. The van der Waals surface area contributed by atoms with E-state index in [1.54, 1.807) is 12.3 Å². The van der Waals surface area contributed by atoms with Crippen LogP contribution < -0.4 is 31.1 Å². The summed E-state index contributed by atoms with van der Waals surface area (Å²) >= 11 is 0. The molecule has 2 heterocycles. The van der Waals surface area contributed by atoms with Crippen LogP contribution in [0.3, 0.4) is 0 Å². The molecule has 1 saturated heterocycles. The van der Waals surface area contributed by atoms with E-state index < -0.39 is 0 Å². The first-order valence-corrected chi connectivity index (χ1v) is 15.2.